The Bertz CT molecular complexity index is 4790. The van der Waals surface area contributed by atoms with E-state index in [-0.39, 0.29) is 16.2 Å². The van der Waals surface area contributed by atoms with Gasteiger partial charge in [-0.3, -0.25) is 0 Å². The number of hydrogen-bond acceptors (Lipinski definition) is 0. The number of benzene rings is 12. The van der Waals surface area contributed by atoms with Crippen molar-refractivity contribution in [2.24, 2.45) is 5.41 Å². The summed E-state index contributed by atoms with van der Waals surface area (Å²) in [5.41, 5.74) is 35.6. The van der Waals surface area contributed by atoms with E-state index in [2.05, 4.69) is 297 Å². The molecule has 0 bridgehead atoms. The molecule has 402 valence electrons. The van der Waals surface area contributed by atoms with Gasteiger partial charge in [-0.25, -0.2) is 0 Å². The first-order valence-electron chi connectivity index (χ1n) is 30.2. The Kier molecular flexibility index (Phi) is 11.1. The van der Waals surface area contributed by atoms with Crippen LogP contribution in [-0.4, -0.2) is 0 Å². The smallest absolute Gasteiger partial charge is 0.0159 e. The fourth-order valence-corrected chi connectivity index (χ4v) is 14.9. The van der Waals surface area contributed by atoms with Gasteiger partial charge in [0.25, 0.3) is 0 Å². The van der Waals surface area contributed by atoms with Crippen molar-refractivity contribution in [1.29, 1.82) is 0 Å². The van der Waals surface area contributed by atoms with E-state index in [1.807, 2.05) is 0 Å². The summed E-state index contributed by atoms with van der Waals surface area (Å²) >= 11 is 0. The van der Waals surface area contributed by atoms with Crippen LogP contribution in [0, 0.1) is 5.41 Å². The first kappa shape index (κ1) is 50.4. The lowest BCUT2D eigenvalue weighted by Crippen LogP contribution is -2.15. The fourth-order valence-electron chi connectivity index (χ4n) is 14.9. The van der Waals surface area contributed by atoms with E-state index in [0.717, 1.165) is 12.8 Å². The number of allylic oxidation sites excluding steroid dienone is 3. The highest BCUT2D eigenvalue weighted by Crippen LogP contribution is 2.54. The van der Waals surface area contributed by atoms with Crippen LogP contribution in [0.15, 0.2) is 248 Å². The van der Waals surface area contributed by atoms with E-state index in [0.29, 0.717) is 0 Å². The SMILES string of the molecule is CC(C)(C)C1=Cc2ccc3c(-c4ccc(-c5ccc6c(c5)C(C)(C)c5cc(-c7ccc8c(c7)C(C)(C)c7cc(-c9ccc(-c%10ccc(-c%11ccc(-c%12cccc%13ccccc%12%13)cc%11)cc%10)cc9)ccc7-8)ccc5-6)cc4)ccc4c3c2C(=CC4)C1. The average molecular weight is 1080 g/mol. The summed E-state index contributed by atoms with van der Waals surface area (Å²) < 4.78 is 0. The van der Waals surface area contributed by atoms with Gasteiger partial charge in [0.15, 0.2) is 0 Å². The molecule has 0 saturated carbocycles. The molecule has 12 aromatic rings. The molecule has 0 spiro atoms. The maximum absolute atomic E-state index is 2.49. The molecule has 0 aliphatic heterocycles. The molecule has 0 aromatic heterocycles. The number of hydrogen-bond donors (Lipinski definition) is 0. The summed E-state index contributed by atoms with van der Waals surface area (Å²) in [4.78, 5) is 0. The minimum absolute atomic E-state index is 0.156. The summed E-state index contributed by atoms with van der Waals surface area (Å²) in [5.74, 6) is 0. The van der Waals surface area contributed by atoms with Crippen molar-refractivity contribution in [1.82, 2.24) is 0 Å². The number of fused-ring (bicyclic) bond motifs is 7. The minimum atomic E-state index is -0.156. The monoisotopic (exact) mass is 1070 g/mol. The Morgan fingerprint density at radius 1 is 0.333 bits per heavy atom. The van der Waals surface area contributed by atoms with Crippen LogP contribution >= 0.6 is 0 Å². The van der Waals surface area contributed by atoms with Gasteiger partial charge in [-0.15, -0.1) is 0 Å². The van der Waals surface area contributed by atoms with E-state index in [1.54, 1.807) is 0 Å². The predicted octanol–water partition coefficient (Wildman–Crippen LogP) is 23.0. The van der Waals surface area contributed by atoms with Gasteiger partial charge >= 0.3 is 0 Å². The van der Waals surface area contributed by atoms with Gasteiger partial charge in [-0.1, -0.05) is 279 Å². The van der Waals surface area contributed by atoms with E-state index < -0.39 is 0 Å². The third kappa shape index (κ3) is 7.94. The van der Waals surface area contributed by atoms with Gasteiger partial charge in [0.05, 0.1) is 0 Å². The largest absolute Gasteiger partial charge is 0.0759 e. The molecule has 12 aromatic carbocycles. The average Bonchev–Trinajstić information content (AvgIpc) is 1.55. The van der Waals surface area contributed by atoms with Crippen molar-refractivity contribution in [3.63, 3.8) is 0 Å². The Morgan fingerprint density at radius 2 is 0.714 bits per heavy atom. The van der Waals surface area contributed by atoms with Gasteiger partial charge in [0.1, 0.15) is 0 Å². The van der Waals surface area contributed by atoms with Crippen LogP contribution in [0.1, 0.15) is 93.8 Å². The highest BCUT2D eigenvalue weighted by Gasteiger charge is 2.38. The molecule has 16 rings (SSSR count). The summed E-state index contributed by atoms with van der Waals surface area (Å²) in [6, 6.07) is 89.8. The fraction of sp³-hybridized carbons (Fsp3) is 0.143. The maximum atomic E-state index is 2.49. The van der Waals surface area contributed by atoms with E-state index in [4.69, 9.17) is 0 Å². The summed E-state index contributed by atoms with van der Waals surface area (Å²) in [7, 11) is 0. The van der Waals surface area contributed by atoms with Crippen LogP contribution in [0.2, 0.25) is 0 Å². The Morgan fingerprint density at radius 3 is 1.18 bits per heavy atom. The molecule has 84 heavy (non-hydrogen) atoms. The molecule has 0 heteroatoms. The lowest BCUT2D eigenvalue weighted by molar-refractivity contribution is 0.498. The molecule has 0 heterocycles. The first-order chi connectivity index (χ1) is 40.7. The van der Waals surface area contributed by atoms with E-state index >= 15 is 0 Å². The highest BCUT2D eigenvalue weighted by atomic mass is 14.4. The normalized spacial score (nSPS) is 14.8. The summed E-state index contributed by atoms with van der Waals surface area (Å²) in [6.45, 7) is 16.7. The molecule has 0 unspecified atom stereocenters. The quantitative estimate of drug-likeness (QED) is 0.149. The van der Waals surface area contributed by atoms with Crippen molar-refractivity contribution in [3.8, 4) is 100 Å². The molecule has 0 atom stereocenters. The zero-order valence-electron chi connectivity index (χ0n) is 49.1. The Hall–Kier alpha value is -9.36. The molecular weight excluding hydrogens is 1010 g/mol. The lowest BCUT2D eigenvalue weighted by atomic mass is 9.72. The topological polar surface area (TPSA) is 0 Å². The molecule has 0 nitrogen and oxygen atoms in total. The Balaban J connectivity index is 0.622. The van der Waals surface area contributed by atoms with Crippen LogP contribution in [0.3, 0.4) is 0 Å². The highest BCUT2D eigenvalue weighted by molar-refractivity contribution is 6.09. The van der Waals surface area contributed by atoms with Crippen molar-refractivity contribution < 1.29 is 0 Å². The van der Waals surface area contributed by atoms with Crippen LogP contribution in [0.5, 0.6) is 0 Å². The third-order valence-electron chi connectivity index (χ3n) is 19.8. The van der Waals surface area contributed by atoms with Gasteiger partial charge in [-0.05, 0) is 209 Å². The van der Waals surface area contributed by atoms with Crippen molar-refractivity contribution in [2.45, 2.75) is 72.1 Å². The molecule has 0 fully saturated rings. The van der Waals surface area contributed by atoms with Gasteiger partial charge in [0.2, 0.25) is 0 Å². The molecule has 0 saturated heterocycles. The molecule has 0 amide bonds. The molecule has 0 N–H and O–H groups in total. The molecular formula is C84H66. The minimum Gasteiger partial charge on any atom is -0.0759 e. The van der Waals surface area contributed by atoms with E-state index in [1.165, 1.54) is 172 Å². The zero-order valence-corrected chi connectivity index (χ0v) is 49.1. The number of rotatable bonds is 7. The maximum Gasteiger partial charge on any atom is 0.0159 e. The van der Waals surface area contributed by atoms with Gasteiger partial charge < -0.3 is 0 Å². The second-order valence-electron chi connectivity index (χ2n) is 26.4. The first-order valence-corrected chi connectivity index (χ1v) is 30.2. The standard InChI is InChI=1S/C84H66/c1-82(2,3)67-45-65-32-31-60-33-39-70(75-44-38-66(46-67)80(65)81(60)75)59-29-25-56(26-30-59)62-35-41-72-74-43-37-64(50-79(74)84(6,7)77(72)48-62)63-36-42-73-71-40-34-61(47-76(71)83(4,5)78(73)49-63)55-21-19-53(20-22-55)51-15-17-52(18-16-51)54-23-27-58(28-24-54)69-14-10-12-57-11-8-9-13-68(57)69/h8-30,32-44,46-50H,31,45H2,1-7H3. The van der Waals surface area contributed by atoms with Crippen LogP contribution in [-0.2, 0) is 17.3 Å². The van der Waals surface area contributed by atoms with Crippen LogP contribution < -0.4 is 0 Å². The summed E-state index contributed by atoms with van der Waals surface area (Å²) in [5, 5.41) is 5.37. The predicted molar refractivity (Wildman–Crippen MR) is 358 cm³/mol. The van der Waals surface area contributed by atoms with Crippen molar-refractivity contribution in [3.05, 3.63) is 287 Å². The molecule has 4 aliphatic rings. The van der Waals surface area contributed by atoms with Gasteiger partial charge in [-0.2, -0.15) is 0 Å². The van der Waals surface area contributed by atoms with Crippen molar-refractivity contribution in [2.75, 3.05) is 0 Å². The van der Waals surface area contributed by atoms with Gasteiger partial charge in [0, 0.05) is 10.8 Å². The van der Waals surface area contributed by atoms with E-state index in [9.17, 15) is 0 Å². The van der Waals surface area contributed by atoms with Crippen LogP contribution in [0.25, 0.3) is 133 Å². The zero-order chi connectivity index (χ0) is 56.8. The molecule has 0 radical (unpaired) electrons. The lowest BCUT2D eigenvalue weighted by Gasteiger charge is -2.32. The summed E-state index contributed by atoms with van der Waals surface area (Å²) in [6.07, 6.45) is 7.00. The third-order valence-corrected chi connectivity index (χ3v) is 19.8. The Labute approximate surface area is 495 Å². The van der Waals surface area contributed by atoms with Crippen LogP contribution in [0.4, 0.5) is 0 Å². The van der Waals surface area contributed by atoms with Crippen molar-refractivity contribution >= 4 is 33.2 Å². The molecule has 4 aliphatic carbocycles. The second kappa shape index (κ2) is 18.6. The second-order valence-corrected chi connectivity index (χ2v) is 26.4.